The molecule has 1 aliphatic heterocycles. The van der Waals surface area contributed by atoms with Crippen LogP contribution >= 0.6 is 11.3 Å². The molecule has 1 fully saturated rings. The van der Waals surface area contributed by atoms with Gasteiger partial charge >= 0.3 is 0 Å². The number of amides is 2. The first-order chi connectivity index (χ1) is 16.2. The number of hydrogen-bond acceptors (Lipinski definition) is 8. The lowest BCUT2D eigenvalue weighted by Gasteiger charge is -2.28. The van der Waals surface area contributed by atoms with E-state index in [1.165, 1.54) is 11.0 Å². The fourth-order valence-corrected chi connectivity index (χ4v) is 5.00. The van der Waals surface area contributed by atoms with E-state index < -0.39 is 23.6 Å². The summed E-state index contributed by atoms with van der Waals surface area (Å²) in [6, 6.07) is 4.19. The van der Waals surface area contributed by atoms with Crippen molar-refractivity contribution in [3.8, 4) is 10.4 Å². The van der Waals surface area contributed by atoms with E-state index in [1.54, 1.807) is 23.0 Å². The SMILES string of the molecule is Cc1ncsc1-c1ccc(CNC(=O)[C@@H]2C[C@@H](O)CN2C(=O)C(c2cc(=O)[nH]o2)C(C)C)nc1. The topological polar surface area (TPSA) is 141 Å². The van der Waals surface area contributed by atoms with Crippen molar-refractivity contribution in [3.05, 3.63) is 57.4 Å². The van der Waals surface area contributed by atoms with Crippen molar-refractivity contribution in [3.63, 3.8) is 0 Å². The first-order valence-corrected chi connectivity index (χ1v) is 11.9. The number of nitrogens with one attached hydrogen (secondary N) is 2. The van der Waals surface area contributed by atoms with Crippen LogP contribution < -0.4 is 10.9 Å². The third-order valence-corrected chi connectivity index (χ3v) is 6.90. The van der Waals surface area contributed by atoms with Gasteiger partial charge in [-0.1, -0.05) is 19.9 Å². The summed E-state index contributed by atoms with van der Waals surface area (Å²) in [5.74, 6) is -1.45. The summed E-state index contributed by atoms with van der Waals surface area (Å²) in [5.41, 5.74) is 3.92. The molecule has 180 valence electrons. The van der Waals surface area contributed by atoms with Gasteiger partial charge in [-0.3, -0.25) is 19.4 Å². The Hall–Kier alpha value is -3.31. The first kappa shape index (κ1) is 23.8. The lowest BCUT2D eigenvalue weighted by Crippen LogP contribution is -2.48. The molecule has 1 unspecified atom stereocenters. The lowest BCUT2D eigenvalue weighted by atomic mass is 9.91. The highest BCUT2D eigenvalue weighted by atomic mass is 32.1. The van der Waals surface area contributed by atoms with Gasteiger partial charge < -0.3 is 19.8 Å². The fourth-order valence-electron chi connectivity index (χ4n) is 4.21. The third-order valence-electron chi connectivity index (χ3n) is 5.92. The summed E-state index contributed by atoms with van der Waals surface area (Å²) in [7, 11) is 0. The van der Waals surface area contributed by atoms with Crippen LogP contribution in [0.25, 0.3) is 10.4 Å². The van der Waals surface area contributed by atoms with Crippen molar-refractivity contribution >= 4 is 23.2 Å². The van der Waals surface area contributed by atoms with Crippen LogP contribution in [-0.2, 0) is 16.1 Å². The smallest absolute Gasteiger partial charge is 0.280 e. The molecule has 4 heterocycles. The molecule has 4 rings (SSSR count). The molecular weight excluding hydrogens is 458 g/mol. The van der Waals surface area contributed by atoms with Gasteiger partial charge in [-0.2, -0.15) is 5.16 Å². The van der Waals surface area contributed by atoms with Crippen molar-refractivity contribution in [2.75, 3.05) is 6.54 Å². The molecule has 0 radical (unpaired) electrons. The molecule has 0 spiro atoms. The number of aliphatic hydroxyl groups is 1. The molecule has 0 aromatic carbocycles. The molecular formula is C23H27N5O5S. The summed E-state index contributed by atoms with van der Waals surface area (Å²) >= 11 is 1.54. The number of pyridine rings is 1. The third kappa shape index (κ3) is 4.95. The Morgan fingerprint density at radius 1 is 1.35 bits per heavy atom. The second-order valence-electron chi connectivity index (χ2n) is 8.76. The summed E-state index contributed by atoms with van der Waals surface area (Å²) in [6.45, 7) is 5.84. The van der Waals surface area contributed by atoms with E-state index in [-0.39, 0.29) is 43.0 Å². The summed E-state index contributed by atoms with van der Waals surface area (Å²) in [4.78, 5) is 49.0. The van der Waals surface area contributed by atoms with Gasteiger partial charge in [-0.25, -0.2) is 4.98 Å². The fraction of sp³-hybridized carbons (Fsp3) is 0.435. The number of β-amino-alcohol motifs (C(OH)–C–C–N with tert-alkyl or cyclic N) is 1. The zero-order chi connectivity index (χ0) is 24.4. The minimum atomic E-state index is -0.825. The Kier molecular flexibility index (Phi) is 6.94. The molecule has 3 atom stereocenters. The largest absolute Gasteiger partial charge is 0.391 e. The van der Waals surface area contributed by atoms with Crippen molar-refractivity contribution < 1.29 is 19.2 Å². The molecule has 3 aromatic rings. The van der Waals surface area contributed by atoms with Crippen LogP contribution in [0, 0.1) is 12.8 Å². The molecule has 2 amide bonds. The number of rotatable bonds is 7. The Morgan fingerprint density at radius 2 is 2.15 bits per heavy atom. The van der Waals surface area contributed by atoms with Crippen molar-refractivity contribution in [1.29, 1.82) is 0 Å². The zero-order valence-electron chi connectivity index (χ0n) is 19.1. The molecule has 10 nitrogen and oxygen atoms in total. The molecule has 0 bridgehead atoms. The number of carbonyl (C=O) groups excluding carboxylic acids is 2. The molecule has 1 aliphatic rings. The highest BCUT2D eigenvalue weighted by Gasteiger charge is 2.43. The second-order valence-corrected chi connectivity index (χ2v) is 9.61. The van der Waals surface area contributed by atoms with Crippen LogP contribution in [-0.4, -0.2) is 55.6 Å². The van der Waals surface area contributed by atoms with Crippen LogP contribution in [0.3, 0.4) is 0 Å². The van der Waals surface area contributed by atoms with E-state index in [1.807, 2.05) is 32.9 Å². The minimum Gasteiger partial charge on any atom is -0.391 e. The van der Waals surface area contributed by atoms with Gasteiger partial charge in [0.2, 0.25) is 11.8 Å². The highest BCUT2D eigenvalue weighted by molar-refractivity contribution is 7.13. The van der Waals surface area contributed by atoms with E-state index in [2.05, 4.69) is 20.4 Å². The van der Waals surface area contributed by atoms with E-state index >= 15 is 0 Å². The van der Waals surface area contributed by atoms with Crippen LogP contribution in [0.1, 0.15) is 43.3 Å². The average Bonchev–Trinajstić information content (AvgIpc) is 3.52. The van der Waals surface area contributed by atoms with E-state index in [9.17, 15) is 19.5 Å². The molecule has 1 saturated heterocycles. The van der Waals surface area contributed by atoms with Crippen LogP contribution in [0.4, 0.5) is 0 Å². The van der Waals surface area contributed by atoms with Crippen molar-refractivity contribution in [2.24, 2.45) is 5.92 Å². The van der Waals surface area contributed by atoms with Gasteiger partial charge in [0.1, 0.15) is 12.0 Å². The first-order valence-electron chi connectivity index (χ1n) is 11.0. The predicted molar refractivity (Wildman–Crippen MR) is 125 cm³/mol. The number of hydrogen-bond donors (Lipinski definition) is 3. The Bertz CT molecular complexity index is 1210. The van der Waals surface area contributed by atoms with Gasteiger partial charge in [0.05, 0.1) is 34.4 Å². The second kappa shape index (κ2) is 9.90. The Morgan fingerprint density at radius 3 is 2.74 bits per heavy atom. The monoisotopic (exact) mass is 485 g/mol. The van der Waals surface area contributed by atoms with Crippen LogP contribution in [0.5, 0.6) is 0 Å². The van der Waals surface area contributed by atoms with Crippen LogP contribution in [0.15, 0.2) is 39.2 Å². The van der Waals surface area contributed by atoms with Crippen molar-refractivity contribution in [1.82, 2.24) is 25.3 Å². The Labute approximate surface area is 200 Å². The maximum Gasteiger partial charge on any atom is 0.280 e. The average molecular weight is 486 g/mol. The quantitative estimate of drug-likeness (QED) is 0.463. The number of likely N-dealkylation sites (tertiary alicyclic amines) is 1. The maximum absolute atomic E-state index is 13.4. The number of aromatic nitrogens is 3. The minimum absolute atomic E-state index is 0.0376. The van der Waals surface area contributed by atoms with Gasteiger partial charge in [-0.15, -0.1) is 11.3 Å². The summed E-state index contributed by atoms with van der Waals surface area (Å²) in [6.07, 6.45) is 1.07. The molecule has 3 N–H and O–H groups in total. The number of H-pyrrole nitrogens is 1. The molecule has 34 heavy (non-hydrogen) atoms. The zero-order valence-corrected chi connectivity index (χ0v) is 20.0. The maximum atomic E-state index is 13.4. The van der Waals surface area contributed by atoms with Gasteiger partial charge in [0.25, 0.3) is 5.56 Å². The number of aryl methyl sites for hydroxylation is 1. The number of aliphatic hydroxyl groups excluding tert-OH is 1. The normalized spacial score (nSPS) is 18.9. The molecule has 11 heteroatoms. The number of aromatic amines is 1. The summed E-state index contributed by atoms with van der Waals surface area (Å²) < 4.78 is 5.18. The number of thiazole rings is 1. The molecule has 3 aromatic heterocycles. The van der Waals surface area contributed by atoms with E-state index in [0.717, 1.165) is 16.1 Å². The Balaban J connectivity index is 1.44. The predicted octanol–water partition coefficient (Wildman–Crippen LogP) is 1.81. The highest BCUT2D eigenvalue weighted by Crippen LogP contribution is 2.30. The number of carbonyl (C=O) groups is 2. The summed E-state index contributed by atoms with van der Waals surface area (Å²) in [5, 5.41) is 15.3. The standard InChI is InChI=1S/C23H27N5O5S/c1-12(2)20(18-7-19(30)27-33-18)23(32)28-10-16(29)6-17(28)22(31)25-9-15-5-4-14(8-24-15)21-13(3)26-11-34-21/h4-5,7-8,11-12,16-17,20,29H,6,9-10H2,1-3H3,(H,25,31)(H,27,30)/t16-,17+,20?/m1/s1. The lowest BCUT2D eigenvalue weighted by molar-refractivity contribution is -0.141. The van der Waals surface area contributed by atoms with Crippen molar-refractivity contribution in [2.45, 2.75) is 51.8 Å². The van der Waals surface area contributed by atoms with E-state index in [0.29, 0.717) is 5.69 Å². The van der Waals surface area contributed by atoms with Gasteiger partial charge in [-0.05, 0) is 18.9 Å². The van der Waals surface area contributed by atoms with E-state index in [4.69, 9.17) is 4.52 Å². The number of nitrogens with zero attached hydrogens (tertiary/aromatic N) is 3. The van der Waals surface area contributed by atoms with Crippen LogP contribution in [0.2, 0.25) is 0 Å². The molecule has 0 saturated carbocycles. The molecule has 0 aliphatic carbocycles. The van der Waals surface area contributed by atoms with Gasteiger partial charge in [0.15, 0.2) is 5.76 Å². The van der Waals surface area contributed by atoms with Gasteiger partial charge in [0, 0.05) is 30.8 Å².